The lowest BCUT2D eigenvalue weighted by Crippen LogP contribution is -2.23. The van der Waals surface area contributed by atoms with E-state index >= 15 is 0 Å². The summed E-state index contributed by atoms with van der Waals surface area (Å²) in [5.41, 5.74) is 1.19. The van der Waals surface area contributed by atoms with Gasteiger partial charge in [-0.2, -0.15) is 4.98 Å². The number of para-hydroxylation sites is 1. The van der Waals surface area contributed by atoms with Gasteiger partial charge in [0, 0.05) is 19.0 Å². The predicted molar refractivity (Wildman–Crippen MR) is 111 cm³/mol. The van der Waals surface area contributed by atoms with Gasteiger partial charge in [0.05, 0.1) is 24.4 Å². The number of rotatable bonds is 7. The van der Waals surface area contributed by atoms with Crippen LogP contribution < -0.4 is 10.3 Å². The molecule has 0 fully saturated rings. The van der Waals surface area contributed by atoms with Gasteiger partial charge in [-0.3, -0.25) is 14.2 Å². The van der Waals surface area contributed by atoms with Crippen molar-refractivity contribution in [2.75, 3.05) is 7.11 Å². The average molecular weight is 420 g/mol. The minimum Gasteiger partial charge on any atom is -0.497 e. The molecule has 2 heterocycles. The molecule has 2 aromatic carbocycles. The van der Waals surface area contributed by atoms with E-state index in [1.165, 1.54) is 4.57 Å². The van der Waals surface area contributed by atoms with E-state index in [0.717, 1.165) is 11.3 Å². The fraction of sp³-hybridized carbons (Fsp3) is 0.227. The third-order valence-corrected chi connectivity index (χ3v) is 4.80. The molecule has 0 unspecified atom stereocenters. The van der Waals surface area contributed by atoms with Gasteiger partial charge in [0.15, 0.2) is 6.61 Å². The van der Waals surface area contributed by atoms with E-state index in [9.17, 15) is 9.59 Å². The molecule has 4 aromatic rings. The molecule has 0 aliphatic heterocycles. The van der Waals surface area contributed by atoms with Crippen molar-refractivity contribution in [3.8, 4) is 17.2 Å². The highest BCUT2D eigenvalue weighted by molar-refractivity contribution is 5.77. The molecule has 4 rings (SSSR count). The molecule has 9 heteroatoms. The molecule has 0 radical (unpaired) electrons. The normalized spacial score (nSPS) is 10.9. The molecule has 0 aliphatic rings. The van der Waals surface area contributed by atoms with Gasteiger partial charge < -0.3 is 14.0 Å². The van der Waals surface area contributed by atoms with Crippen molar-refractivity contribution >= 4 is 16.9 Å². The number of hydrogen-bond donors (Lipinski definition) is 0. The number of nitrogens with zero attached hydrogens (tertiary/aromatic N) is 4. The number of hydrogen-bond acceptors (Lipinski definition) is 8. The van der Waals surface area contributed by atoms with E-state index in [-0.39, 0.29) is 30.8 Å². The second-order valence-corrected chi connectivity index (χ2v) is 6.81. The third kappa shape index (κ3) is 4.45. The second kappa shape index (κ2) is 8.78. The van der Waals surface area contributed by atoms with Crippen LogP contribution in [0.2, 0.25) is 0 Å². The van der Waals surface area contributed by atoms with Gasteiger partial charge >= 0.3 is 5.97 Å². The molecule has 0 amide bonds. The topological polar surface area (TPSA) is 109 Å². The number of fused-ring (bicyclic) bond motifs is 1. The smallest absolute Gasteiger partial charge is 0.306 e. The molecule has 0 N–H and O–H groups in total. The van der Waals surface area contributed by atoms with Crippen LogP contribution in [0.15, 0.2) is 57.8 Å². The molecule has 0 saturated heterocycles. The fourth-order valence-electron chi connectivity index (χ4n) is 3.08. The summed E-state index contributed by atoms with van der Waals surface area (Å²) < 4.78 is 17.0. The van der Waals surface area contributed by atoms with Gasteiger partial charge in [0.1, 0.15) is 11.6 Å². The van der Waals surface area contributed by atoms with Crippen molar-refractivity contribution in [3.63, 3.8) is 0 Å². The largest absolute Gasteiger partial charge is 0.497 e. The molecule has 31 heavy (non-hydrogen) atoms. The van der Waals surface area contributed by atoms with Gasteiger partial charge in [-0.1, -0.05) is 17.3 Å². The van der Waals surface area contributed by atoms with Crippen molar-refractivity contribution in [1.29, 1.82) is 0 Å². The summed E-state index contributed by atoms with van der Waals surface area (Å²) in [6, 6.07) is 14.3. The first kappa shape index (κ1) is 20.3. The summed E-state index contributed by atoms with van der Waals surface area (Å²) in [7, 11) is 3.23. The molecule has 2 aromatic heterocycles. The van der Waals surface area contributed by atoms with E-state index < -0.39 is 5.97 Å². The highest BCUT2D eigenvalue weighted by atomic mass is 16.5. The first-order chi connectivity index (χ1) is 15.0. The first-order valence-corrected chi connectivity index (χ1v) is 9.62. The van der Waals surface area contributed by atoms with Crippen molar-refractivity contribution < 1.29 is 18.8 Å². The molecule has 0 atom stereocenters. The molecule has 0 saturated carbocycles. The minimum absolute atomic E-state index is 0.0712. The zero-order chi connectivity index (χ0) is 21.8. The Morgan fingerprint density at radius 1 is 1.10 bits per heavy atom. The summed E-state index contributed by atoms with van der Waals surface area (Å²) in [4.78, 5) is 33.3. The number of benzene rings is 2. The highest BCUT2D eigenvalue weighted by Crippen LogP contribution is 2.20. The molecule has 158 valence electrons. The van der Waals surface area contributed by atoms with Gasteiger partial charge in [-0.05, 0) is 36.4 Å². The Kier molecular flexibility index (Phi) is 5.74. The van der Waals surface area contributed by atoms with Crippen LogP contribution in [0.3, 0.4) is 0 Å². The number of aryl methyl sites for hydroxylation is 1. The summed E-state index contributed by atoms with van der Waals surface area (Å²) in [5, 5.41) is 4.38. The van der Waals surface area contributed by atoms with Crippen molar-refractivity contribution in [1.82, 2.24) is 19.7 Å². The summed E-state index contributed by atoms with van der Waals surface area (Å²) >= 11 is 0. The summed E-state index contributed by atoms with van der Waals surface area (Å²) in [6.07, 6.45) is 0.348. The van der Waals surface area contributed by atoms with Crippen LogP contribution in [0.1, 0.15) is 18.1 Å². The Labute approximate surface area is 177 Å². The van der Waals surface area contributed by atoms with Crippen LogP contribution in [-0.4, -0.2) is 32.8 Å². The lowest BCUT2D eigenvalue weighted by molar-refractivity contribution is -0.145. The van der Waals surface area contributed by atoms with Gasteiger partial charge in [0.2, 0.25) is 5.82 Å². The number of aromatic nitrogens is 4. The van der Waals surface area contributed by atoms with Crippen LogP contribution >= 0.6 is 0 Å². The molecular weight excluding hydrogens is 400 g/mol. The Morgan fingerprint density at radius 3 is 2.65 bits per heavy atom. The van der Waals surface area contributed by atoms with E-state index in [1.54, 1.807) is 56.6 Å². The van der Waals surface area contributed by atoms with E-state index in [1.807, 2.05) is 6.07 Å². The van der Waals surface area contributed by atoms with Gasteiger partial charge in [-0.15, -0.1) is 0 Å². The van der Waals surface area contributed by atoms with Crippen LogP contribution in [0, 0.1) is 0 Å². The zero-order valence-corrected chi connectivity index (χ0v) is 17.1. The standard InChI is InChI=1S/C22H20N4O5/c1-26-19(23-17-6-4-3-5-16(17)22(26)28)11-12-20(27)30-13-18-24-21(31-25-18)14-7-9-15(29-2)10-8-14/h3-10H,11-13H2,1-2H3. The first-order valence-electron chi connectivity index (χ1n) is 9.62. The van der Waals surface area contributed by atoms with E-state index in [4.69, 9.17) is 14.0 Å². The Hall–Kier alpha value is -4.01. The SMILES string of the molecule is COc1ccc(-c2nc(COC(=O)CCc3nc4ccccc4c(=O)n3C)no2)cc1. The molecular formula is C22H20N4O5. The fourth-order valence-corrected chi connectivity index (χ4v) is 3.08. The number of carbonyl (C=O) groups is 1. The quantitative estimate of drug-likeness (QED) is 0.420. The highest BCUT2D eigenvalue weighted by Gasteiger charge is 2.13. The van der Waals surface area contributed by atoms with Crippen LogP contribution in [-0.2, 0) is 29.6 Å². The maximum atomic E-state index is 12.4. The monoisotopic (exact) mass is 420 g/mol. The average Bonchev–Trinajstić information content (AvgIpc) is 3.28. The van der Waals surface area contributed by atoms with Crippen LogP contribution in [0.4, 0.5) is 0 Å². The number of carbonyl (C=O) groups excluding carboxylic acids is 1. The number of esters is 1. The lowest BCUT2D eigenvalue weighted by Gasteiger charge is -2.08. The Balaban J connectivity index is 1.35. The molecule has 0 spiro atoms. The summed E-state index contributed by atoms with van der Waals surface area (Å²) in [5.74, 6) is 1.37. The van der Waals surface area contributed by atoms with Gasteiger partial charge in [0.25, 0.3) is 11.4 Å². The van der Waals surface area contributed by atoms with Crippen molar-refractivity contribution in [2.45, 2.75) is 19.4 Å². The lowest BCUT2D eigenvalue weighted by atomic mass is 10.2. The molecule has 0 aliphatic carbocycles. The zero-order valence-electron chi connectivity index (χ0n) is 17.1. The number of methoxy groups -OCH3 is 1. The Morgan fingerprint density at radius 2 is 1.87 bits per heavy atom. The van der Waals surface area contributed by atoms with E-state index in [2.05, 4.69) is 15.1 Å². The van der Waals surface area contributed by atoms with Crippen LogP contribution in [0.25, 0.3) is 22.4 Å². The summed E-state index contributed by atoms with van der Waals surface area (Å²) in [6.45, 7) is -0.109. The maximum Gasteiger partial charge on any atom is 0.306 e. The number of ether oxygens (including phenoxy) is 2. The van der Waals surface area contributed by atoms with E-state index in [0.29, 0.717) is 22.6 Å². The maximum absolute atomic E-state index is 12.4. The second-order valence-electron chi connectivity index (χ2n) is 6.81. The Bertz CT molecular complexity index is 1280. The third-order valence-electron chi connectivity index (χ3n) is 4.80. The molecule has 9 nitrogen and oxygen atoms in total. The minimum atomic E-state index is -0.446. The van der Waals surface area contributed by atoms with Crippen molar-refractivity contribution in [2.24, 2.45) is 7.05 Å². The van der Waals surface area contributed by atoms with Gasteiger partial charge in [-0.25, -0.2) is 4.98 Å². The predicted octanol–water partition coefficient (Wildman–Crippen LogP) is 2.67. The van der Waals surface area contributed by atoms with Crippen LogP contribution in [0.5, 0.6) is 5.75 Å². The molecule has 0 bridgehead atoms. The van der Waals surface area contributed by atoms with Crippen molar-refractivity contribution in [3.05, 3.63) is 70.5 Å².